The van der Waals surface area contributed by atoms with Gasteiger partial charge in [-0.15, -0.1) is 0 Å². The van der Waals surface area contributed by atoms with E-state index in [-0.39, 0.29) is 29.9 Å². The van der Waals surface area contributed by atoms with Crippen LogP contribution in [0.25, 0.3) is 0 Å². The number of methoxy groups -OCH3 is 1. The largest absolute Gasteiger partial charge is 0.496 e. The van der Waals surface area contributed by atoms with Crippen LogP contribution >= 0.6 is 0 Å². The highest BCUT2D eigenvalue weighted by Gasteiger charge is 2.25. The number of ether oxygens (including phenoxy) is 1. The number of anilines is 1. The second-order valence-corrected chi connectivity index (χ2v) is 4.93. The first-order chi connectivity index (χ1) is 10.0. The Morgan fingerprint density at radius 2 is 2.24 bits per heavy atom. The van der Waals surface area contributed by atoms with E-state index in [9.17, 15) is 9.59 Å². The summed E-state index contributed by atoms with van der Waals surface area (Å²) in [5, 5.41) is 20.8. The summed E-state index contributed by atoms with van der Waals surface area (Å²) in [6, 6.07) is 4.11. The minimum atomic E-state index is -1.09. The number of aliphatic hydroxyl groups is 1. The Morgan fingerprint density at radius 1 is 1.48 bits per heavy atom. The van der Waals surface area contributed by atoms with Crippen molar-refractivity contribution in [3.63, 3.8) is 0 Å². The topological polar surface area (TPSA) is 99.1 Å². The maximum absolute atomic E-state index is 12.1. The number of carbonyl (C=O) groups excluding carboxylic acids is 1. The van der Waals surface area contributed by atoms with Crippen LogP contribution in [0.1, 0.15) is 16.8 Å². The predicted octanol–water partition coefficient (Wildman–Crippen LogP) is 1.24. The number of urea groups is 1. The van der Waals surface area contributed by atoms with Crippen molar-refractivity contribution in [1.82, 2.24) is 4.90 Å². The molecule has 0 radical (unpaired) electrons. The molecule has 1 heterocycles. The highest BCUT2D eigenvalue weighted by Crippen LogP contribution is 2.24. The molecule has 3 N–H and O–H groups in total. The van der Waals surface area contributed by atoms with Crippen LogP contribution in [0.5, 0.6) is 5.75 Å². The number of amides is 2. The molecule has 0 saturated carbocycles. The predicted molar refractivity (Wildman–Crippen MR) is 75.7 cm³/mol. The number of likely N-dealkylation sites (tertiary alicyclic amines) is 1. The Balaban J connectivity index is 2.06. The molecule has 7 nitrogen and oxygen atoms in total. The fourth-order valence-corrected chi connectivity index (χ4v) is 2.31. The molecule has 1 fully saturated rings. The molecule has 1 aliphatic heterocycles. The van der Waals surface area contributed by atoms with Crippen LogP contribution in [0.4, 0.5) is 10.5 Å². The number of benzene rings is 1. The SMILES string of the molecule is COc1cc(NC(=O)N2CCC(CO)C2)ccc1C(=O)O. The summed E-state index contributed by atoms with van der Waals surface area (Å²) in [6.45, 7) is 1.19. The first-order valence-electron chi connectivity index (χ1n) is 6.63. The number of rotatable bonds is 4. The van der Waals surface area contributed by atoms with Gasteiger partial charge in [0.25, 0.3) is 0 Å². The smallest absolute Gasteiger partial charge is 0.339 e. The molecule has 114 valence electrons. The minimum Gasteiger partial charge on any atom is -0.496 e. The van der Waals surface area contributed by atoms with E-state index in [0.717, 1.165) is 6.42 Å². The monoisotopic (exact) mass is 294 g/mol. The average molecular weight is 294 g/mol. The molecule has 0 bridgehead atoms. The molecule has 1 unspecified atom stereocenters. The van der Waals surface area contributed by atoms with Crippen LogP contribution in [0.15, 0.2) is 18.2 Å². The lowest BCUT2D eigenvalue weighted by atomic mass is 10.1. The van der Waals surface area contributed by atoms with Gasteiger partial charge in [-0.05, 0) is 18.6 Å². The van der Waals surface area contributed by atoms with Gasteiger partial charge in [-0.25, -0.2) is 9.59 Å². The van der Waals surface area contributed by atoms with Crippen molar-refractivity contribution in [2.45, 2.75) is 6.42 Å². The second-order valence-electron chi connectivity index (χ2n) is 4.93. The number of nitrogens with zero attached hydrogens (tertiary/aromatic N) is 1. The van der Waals surface area contributed by atoms with E-state index in [1.807, 2.05) is 0 Å². The second kappa shape index (κ2) is 6.45. The molecule has 7 heteroatoms. The van der Waals surface area contributed by atoms with Crippen LogP contribution in [0.2, 0.25) is 0 Å². The minimum absolute atomic E-state index is 0.0389. The zero-order valence-electron chi connectivity index (χ0n) is 11.7. The highest BCUT2D eigenvalue weighted by atomic mass is 16.5. The molecule has 1 atom stereocenters. The molecule has 1 aromatic carbocycles. The van der Waals surface area contributed by atoms with Gasteiger partial charge in [-0.3, -0.25) is 0 Å². The first kappa shape index (κ1) is 15.1. The summed E-state index contributed by atoms with van der Waals surface area (Å²) in [4.78, 5) is 24.7. The Bertz CT molecular complexity index is 546. The van der Waals surface area contributed by atoms with Crippen molar-refractivity contribution in [3.05, 3.63) is 23.8 Å². The summed E-state index contributed by atoms with van der Waals surface area (Å²) < 4.78 is 5.01. The fourth-order valence-electron chi connectivity index (χ4n) is 2.31. The Labute approximate surface area is 122 Å². The van der Waals surface area contributed by atoms with Gasteiger partial charge in [-0.1, -0.05) is 0 Å². The molecular weight excluding hydrogens is 276 g/mol. The van der Waals surface area contributed by atoms with Crippen LogP contribution in [-0.2, 0) is 0 Å². The number of aromatic carboxylic acids is 1. The number of carboxylic acid groups (broad SMARTS) is 1. The summed E-state index contributed by atoms with van der Waals surface area (Å²) >= 11 is 0. The van der Waals surface area contributed by atoms with Crippen molar-refractivity contribution in [3.8, 4) is 5.75 Å². The van der Waals surface area contributed by atoms with Gasteiger partial charge < -0.3 is 25.2 Å². The van der Waals surface area contributed by atoms with Gasteiger partial charge in [0.15, 0.2) is 0 Å². The van der Waals surface area contributed by atoms with Crippen molar-refractivity contribution in [2.75, 3.05) is 32.1 Å². The number of carboxylic acids is 1. The molecule has 1 aromatic rings. The van der Waals surface area contributed by atoms with Crippen molar-refractivity contribution >= 4 is 17.7 Å². The summed E-state index contributed by atoms with van der Waals surface area (Å²) in [5.74, 6) is -0.773. The van der Waals surface area contributed by atoms with Crippen LogP contribution in [-0.4, -0.2) is 53.9 Å². The van der Waals surface area contributed by atoms with E-state index in [2.05, 4.69) is 5.32 Å². The quantitative estimate of drug-likeness (QED) is 0.776. The maximum atomic E-state index is 12.1. The van der Waals surface area contributed by atoms with Gasteiger partial charge in [0.05, 0.1) is 7.11 Å². The lowest BCUT2D eigenvalue weighted by Crippen LogP contribution is -2.33. The zero-order chi connectivity index (χ0) is 15.4. The lowest BCUT2D eigenvalue weighted by molar-refractivity contribution is 0.0693. The van der Waals surface area contributed by atoms with Gasteiger partial charge in [0, 0.05) is 37.4 Å². The number of hydrogen-bond acceptors (Lipinski definition) is 4. The lowest BCUT2D eigenvalue weighted by Gasteiger charge is -2.17. The molecule has 1 saturated heterocycles. The fraction of sp³-hybridized carbons (Fsp3) is 0.429. The van der Waals surface area contributed by atoms with Crippen molar-refractivity contribution < 1.29 is 24.5 Å². The number of nitrogens with one attached hydrogen (secondary N) is 1. The zero-order valence-corrected chi connectivity index (χ0v) is 11.7. The molecule has 0 spiro atoms. The molecule has 1 aliphatic rings. The molecule has 21 heavy (non-hydrogen) atoms. The van der Waals surface area contributed by atoms with Gasteiger partial charge in [-0.2, -0.15) is 0 Å². The number of aliphatic hydroxyl groups excluding tert-OH is 1. The molecular formula is C14H18N2O5. The van der Waals surface area contributed by atoms with E-state index in [4.69, 9.17) is 14.9 Å². The van der Waals surface area contributed by atoms with E-state index in [0.29, 0.717) is 18.8 Å². The molecule has 2 rings (SSSR count). The van der Waals surface area contributed by atoms with Gasteiger partial charge in [0.1, 0.15) is 11.3 Å². The summed E-state index contributed by atoms with van der Waals surface area (Å²) in [7, 11) is 1.37. The molecule has 2 amide bonds. The average Bonchev–Trinajstić information content (AvgIpc) is 2.95. The number of hydrogen-bond donors (Lipinski definition) is 3. The van der Waals surface area contributed by atoms with E-state index in [1.165, 1.54) is 25.3 Å². The summed E-state index contributed by atoms with van der Waals surface area (Å²) in [5.41, 5.74) is 0.506. The molecule has 0 aromatic heterocycles. The van der Waals surface area contributed by atoms with E-state index >= 15 is 0 Å². The van der Waals surface area contributed by atoms with E-state index < -0.39 is 5.97 Å². The normalized spacial score (nSPS) is 17.6. The van der Waals surface area contributed by atoms with Crippen molar-refractivity contribution in [1.29, 1.82) is 0 Å². The van der Waals surface area contributed by atoms with E-state index in [1.54, 1.807) is 4.90 Å². The Kier molecular flexibility index (Phi) is 4.64. The van der Waals surface area contributed by atoms with Crippen LogP contribution in [0, 0.1) is 5.92 Å². The molecule has 0 aliphatic carbocycles. The standard InChI is InChI=1S/C14H18N2O5/c1-21-12-6-10(2-3-11(12)13(18)19)15-14(20)16-5-4-9(7-16)8-17/h2-3,6,9,17H,4-5,7-8H2,1H3,(H,15,20)(H,18,19). The Hall–Kier alpha value is -2.28. The first-order valence-corrected chi connectivity index (χ1v) is 6.63. The maximum Gasteiger partial charge on any atom is 0.339 e. The third-order valence-electron chi connectivity index (χ3n) is 3.51. The summed E-state index contributed by atoms with van der Waals surface area (Å²) in [6.07, 6.45) is 0.783. The van der Waals surface area contributed by atoms with Crippen LogP contribution < -0.4 is 10.1 Å². The number of carbonyl (C=O) groups is 2. The third-order valence-corrected chi connectivity index (χ3v) is 3.51. The van der Waals surface area contributed by atoms with Crippen LogP contribution in [0.3, 0.4) is 0 Å². The van der Waals surface area contributed by atoms with Gasteiger partial charge in [0.2, 0.25) is 0 Å². The van der Waals surface area contributed by atoms with Gasteiger partial charge >= 0.3 is 12.0 Å². The Morgan fingerprint density at radius 3 is 2.81 bits per heavy atom. The van der Waals surface area contributed by atoms with Crippen molar-refractivity contribution in [2.24, 2.45) is 5.92 Å². The third kappa shape index (κ3) is 3.43. The highest BCUT2D eigenvalue weighted by molar-refractivity contribution is 5.94.